The summed E-state index contributed by atoms with van der Waals surface area (Å²) >= 11 is 0. The third-order valence-corrected chi connectivity index (χ3v) is 2.33. The summed E-state index contributed by atoms with van der Waals surface area (Å²) in [5.41, 5.74) is 0. The lowest BCUT2D eigenvalue weighted by Crippen LogP contribution is -2.08. The van der Waals surface area contributed by atoms with Crippen molar-refractivity contribution in [2.45, 2.75) is 51.7 Å². The highest BCUT2D eigenvalue weighted by atomic mass is 16.7. The van der Waals surface area contributed by atoms with E-state index in [4.69, 9.17) is 14.6 Å². The van der Waals surface area contributed by atoms with Gasteiger partial charge >= 0.3 is 0 Å². The lowest BCUT2D eigenvalue weighted by Gasteiger charge is -2.10. The highest BCUT2D eigenvalue weighted by molar-refractivity contribution is 4.91. The van der Waals surface area contributed by atoms with Crippen molar-refractivity contribution in [2.24, 2.45) is 0 Å². The molecule has 1 aliphatic rings. The van der Waals surface area contributed by atoms with Crippen molar-refractivity contribution < 1.29 is 14.6 Å². The highest BCUT2D eigenvalue weighted by Gasteiger charge is 2.17. The van der Waals surface area contributed by atoms with Crippen molar-refractivity contribution in [2.75, 3.05) is 6.61 Å². The number of hydrogen-bond donors (Lipinski definition) is 1. The topological polar surface area (TPSA) is 38.7 Å². The van der Waals surface area contributed by atoms with Crippen LogP contribution < -0.4 is 0 Å². The zero-order valence-electron chi connectivity index (χ0n) is 8.87. The normalized spacial score (nSPS) is 20.1. The minimum atomic E-state index is -0.154. The van der Waals surface area contributed by atoms with Gasteiger partial charge in [-0.1, -0.05) is 32.6 Å². The molecule has 1 heterocycles. The van der Waals surface area contributed by atoms with Gasteiger partial charge in [0.2, 0.25) is 6.29 Å². The van der Waals surface area contributed by atoms with Gasteiger partial charge in [0.1, 0.15) is 12.9 Å². The van der Waals surface area contributed by atoms with E-state index in [1.165, 1.54) is 31.9 Å². The van der Waals surface area contributed by atoms with E-state index in [1.807, 2.05) is 0 Å². The maximum atomic E-state index is 8.75. The van der Waals surface area contributed by atoms with Gasteiger partial charge in [0, 0.05) is 6.42 Å². The third-order valence-electron chi connectivity index (χ3n) is 2.33. The second kappa shape index (κ2) is 6.71. The molecule has 0 saturated heterocycles. The van der Waals surface area contributed by atoms with Gasteiger partial charge in [-0.25, -0.2) is 0 Å². The molecule has 0 radical (unpaired) electrons. The fourth-order valence-corrected chi connectivity index (χ4v) is 1.49. The van der Waals surface area contributed by atoms with Crippen molar-refractivity contribution in [3.05, 3.63) is 12.0 Å². The summed E-state index contributed by atoms with van der Waals surface area (Å²) in [6.07, 6.45) is 8.53. The van der Waals surface area contributed by atoms with Crippen LogP contribution >= 0.6 is 0 Å². The lowest BCUT2D eigenvalue weighted by atomic mass is 10.1. The fraction of sp³-hybridized carbons (Fsp3) is 0.818. The van der Waals surface area contributed by atoms with Gasteiger partial charge in [-0.3, -0.25) is 0 Å². The zero-order chi connectivity index (χ0) is 10.2. The summed E-state index contributed by atoms with van der Waals surface area (Å²) in [5, 5.41) is 8.75. The van der Waals surface area contributed by atoms with Crippen molar-refractivity contribution >= 4 is 0 Å². The summed E-state index contributed by atoms with van der Waals surface area (Å²) in [6, 6.07) is 0. The van der Waals surface area contributed by atoms with Crippen LogP contribution in [0.2, 0.25) is 0 Å². The largest absolute Gasteiger partial charge is 0.459 e. The Hall–Kier alpha value is -0.700. The Kier molecular flexibility index (Phi) is 5.45. The monoisotopic (exact) mass is 200 g/mol. The number of ether oxygens (including phenoxy) is 2. The molecule has 0 fully saturated rings. The number of aliphatic hydroxyl groups is 1. The van der Waals surface area contributed by atoms with Crippen molar-refractivity contribution in [1.82, 2.24) is 0 Å². The average Bonchev–Trinajstić information content (AvgIpc) is 2.65. The minimum absolute atomic E-state index is 0.0632. The van der Waals surface area contributed by atoms with Crippen LogP contribution in [0.15, 0.2) is 12.0 Å². The average molecular weight is 200 g/mol. The molecule has 0 bridgehead atoms. The lowest BCUT2D eigenvalue weighted by molar-refractivity contribution is -0.0433. The van der Waals surface area contributed by atoms with E-state index in [0.29, 0.717) is 5.76 Å². The van der Waals surface area contributed by atoms with E-state index in [0.717, 1.165) is 12.8 Å². The molecule has 1 N–H and O–H groups in total. The first kappa shape index (κ1) is 11.4. The molecule has 82 valence electrons. The zero-order valence-corrected chi connectivity index (χ0v) is 8.87. The molecule has 1 unspecified atom stereocenters. The summed E-state index contributed by atoms with van der Waals surface area (Å²) in [6.45, 7) is 2.15. The van der Waals surface area contributed by atoms with Gasteiger partial charge in [-0.2, -0.15) is 0 Å². The van der Waals surface area contributed by atoms with Crippen LogP contribution in [-0.2, 0) is 9.47 Å². The van der Waals surface area contributed by atoms with E-state index in [2.05, 4.69) is 6.92 Å². The standard InChI is InChI=1S/C11H20O3/c1-2-3-4-5-6-7-11-13-9-10(8-12)14-11/h9,11-12H,2-8H2,1H3. The van der Waals surface area contributed by atoms with E-state index in [1.54, 1.807) is 0 Å². The van der Waals surface area contributed by atoms with Gasteiger partial charge in [0.25, 0.3) is 0 Å². The van der Waals surface area contributed by atoms with Crippen molar-refractivity contribution in [1.29, 1.82) is 0 Å². The van der Waals surface area contributed by atoms with Crippen LogP contribution in [0.4, 0.5) is 0 Å². The number of unbranched alkanes of at least 4 members (excludes halogenated alkanes) is 4. The first-order valence-electron chi connectivity index (χ1n) is 5.49. The number of aliphatic hydroxyl groups excluding tert-OH is 1. The molecule has 1 rings (SSSR count). The Morgan fingerprint density at radius 3 is 2.71 bits per heavy atom. The molecule has 0 aromatic carbocycles. The maximum Gasteiger partial charge on any atom is 0.240 e. The second-order valence-electron chi connectivity index (χ2n) is 3.63. The smallest absolute Gasteiger partial charge is 0.240 e. The van der Waals surface area contributed by atoms with E-state index < -0.39 is 0 Å². The third kappa shape index (κ3) is 4.01. The molecular formula is C11H20O3. The van der Waals surface area contributed by atoms with Crippen LogP contribution in [-0.4, -0.2) is 18.0 Å². The van der Waals surface area contributed by atoms with E-state index in [-0.39, 0.29) is 12.9 Å². The summed E-state index contributed by atoms with van der Waals surface area (Å²) in [5.74, 6) is 0.545. The Morgan fingerprint density at radius 1 is 1.29 bits per heavy atom. The molecule has 3 nitrogen and oxygen atoms in total. The van der Waals surface area contributed by atoms with Crippen LogP contribution in [0.5, 0.6) is 0 Å². The summed E-state index contributed by atoms with van der Waals surface area (Å²) in [7, 11) is 0. The van der Waals surface area contributed by atoms with Gasteiger partial charge < -0.3 is 14.6 Å². The van der Waals surface area contributed by atoms with Gasteiger partial charge in [-0.05, 0) is 6.42 Å². The minimum Gasteiger partial charge on any atom is -0.459 e. The van der Waals surface area contributed by atoms with Crippen LogP contribution in [0, 0.1) is 0 Å². The molecule has 0 aromatic heterocycles. The van der Waals surface area contributed by atoms with Gasteiger partial charge in [0.05, 0.1) is 0 Å². The van der Waals surface area contributed by atoms with Crippen LogP contribution in [0.3, 0.4) is 0 Å². The molecule has 1 atom stereocenters. The SMILES string of the molecule is CCCCCCCC1OC=C(CO)O1. The van der Waals surface area contributed by atoms with Crippen LogP contribution in [0.25, 0.3) is 0 Å². The molecule has 14 heavy (non-hydrogen) atoms. The molecule has 0 saturated carbocycles. The van der Waals surface area contributed by atoms with Gasteiger partial charge in [-0.15, -0.1) is 0 Å². The molecule has 0 aliphatic carbocycles. The van der Waals surface area contributed by atoms with E-state index >= 15 is 0 Å². The highest BCUT2D eigenvalue weighted by Crippen LogP contribution is 2.18. The Balaban J connectivity index is 1.94. The molecule has 1 aliphatic heterocycles. The van der Waals surface area contributed by atoms with E-state index in [9.17, 15) is 0 Å². The van der Waals surface area contributed by atoms with Gasteiger partial charge in [0.15, 0.2) is 5.76 Å². The molecule has 0 amide bonds. The first-order chi connectivity index (χ1) is 6.86. The summed E-state index contributed by atoms with van der Waals surface area (Å²) < 4.78 is 10.5. The van der Waals surface area contributed by atoms with Crippen molar-refractivity contribution in [3.63, 3.8) is 0 Å². The van der Waals surface area contributed by atoms with Crippen molar-refractivity contribution in [3.8, 4) is 0 Å². The quantitative estimate of drug-likeness (QED) is 0.642. The van der Waals surface area contributed by atoms with Crippen LogP contribution in [0.1, 0.15) is 45.4 Å². The predicted octanol–water partition coefficient (Wildman–Crippen LogP) is 2.55. The number of rotatable bonds is 7. The molecular weight excluding hydrogens is 180 g/mol. The fourth-order valence-electron chi connectivity index (χ4n) is 1.49. The maximum absolute atomic E-state index is 8.75. The summed E-state index contributed by atoms with van der Waals surface area (Å²) in [4.78, 5) is 0. The molecule has 0 spiro atoms. The Bertz CT molecular complexity index is 177. The Labute approximate surface area is 85.7 Å². The second-order valence-corrected chi connectivity index (χ2v) is 3.63. The predicted molar refractivity (Wildman–Crippen MR) is 54.5 cm³/mol. The molecule has 3 heteroatoms. The number of hydrogen-bond acceptors (Lipinski definition) is 3. The first-order valence-corrected chi connectivity index (χ1v) is 5.49. The molecule has 0 aromatic rings. The Morgan fingerprint density at radius 2 is 2.07 bits per heavy atom.